The molecule has 1 saturated heterocycles. The first-order valence-electron chi connectivity index (χ1n) is 7.02. The zero-order valence-electron chi connectivity index (χ0n) is 11.8. The Labute approximate surface area is 115 Å². The topological polar surface area (TPSA) is 35.6 Å². The fourth-order valence-corrected chi connectivity index (χ4v) is 2.49. The van der Waals surface area contributed by atoms with Gasteiger partial charge in [-0.05, 0) is 26.0 Å². The molecule has 1 aliphatic rings. The molecule has 0 bridgehead atoms. The number of nitrogens with one attached hydrogen (secondary N) is 1. The number of hydrogen-bond acceptors (Lipinski definition) is 3. The summed E-state index contributed by atoms with van der Waals surface area (Å²) in [5, 5.41) is 3.35. The van der Waals surface area contributed by atoms with Crippen LogP contribution in [0.2, 0.25) is 0 Å². The van der Waals surface area contributed by atoms with Gasteiger partial charge in [0.15, 0.2) is 0 Å². The van der Waals surface area contributed by atoms with Crippen molar-refractivity contribution in [2.45, 2.75) is 19.9 Å². The van der Waals surface area contributed by atoms with Crippen LogP contribution in [-0.4, -0.2) is 49.6 Å². The van der Waals surface area contributed by atoms with Crippen molar-refractivity contribution < 1.29 is 4.79 Å². The molecule has 0 unspecified atom stereocenters. The molecular formula is C15H23N3O. The number of rotatable bonds is 4. The van der Waals surface area contributed by atoms with Gasteiger partial charge in [-0.3, -0.25) is 9.69 Å². The van der Waals surface area contributed by atoms with Gasteiger partial charge in [0, 0.05) is 37.9 Å². The van der Waals surface area contributed by atoms with E-state index in [1.807, 2.05) is 42.2 Å². The summed E-state index contributed by atoms with van der Waals surface area (Å²) in [7, 11) is 0. The Hall–Kier alpha value is -1.39. The van der Waals surface area contributed by atoms with Gasteiger partial charge < -0.3 is 10.2 Å². The summed E-state index contributed by atoms with van der Waals surface area (Å²) in [6.07, 6.45) is 0. The number of hydrogen-bond donors (Lipinski definition) is 1. The van der Waals surface area contributed by atoms with Crippen molar-refractivity contribution in [3.8, 4) is 0 Å². The molecule has 104 valence electrons. The maximum Gasteiger partial charge on any atom is 0.241 e. The fraction of sp³-hybridized carbons (Fsp3) is 0.533. The molecule has 1 aromatic rings. The number of anilines is 1. The smallest absolute Gasteiger partial charge is 0.241 e. The third-order valence-electron chi connectivity index (χ3n) is 3.66. The molecule has 19 heavy (non-hydrogen) atoms. The Kier molecular flexibility index (Phi) is 4.93. The van der Waals surface area contributed by atoms with Gasteiger partial charge in [0.05, 0.1) is 6.54 Å². The van der Waals surface area contributed by atoms with E-state index in [1.165, 1.54) is 0 Å². The molecule has 0 radical (unpaired) electrons. The average Bonchev–Trinajstić information content (AvgIpc) is 2.43. The van der Waals surface area contributed by atoms with E-state index >= 15 is 0 Å². The molecule has 1 aliphatic heterocycles. The Bertz CT molecular complexity index is 407. The van der Waals surface area contributed by atoms with Gasteiger partial charge in [-0.25, -0.2) is 0 Å². The van der Waals surface area contributed by atoms with Crippen LogP contribution in [0.25, 0.3) is 0 Å². The molecule has 0 aromatic heterocycles. The highest BCUT2D eigenvalue weighted by molar-refractivity contribution is 5.94. The number of para-hydroxylation sites is 1. The van der Waals surface area contributed by atoms with Crippen LogP contribution >= 0.6 is 0 Å². The maximum atomic E-state index is 12.5. The summed E-state index contributed by atoms with van der Waals surface area (Å²) < 4.78 is 0. The Balaban J connectivity index is 2.01. The van der Waals surface area contributed by atoms with Crippen molar-refractivity contribution in [3.05, 3.63) is 30.3 Å². The number of piperazine rings is 1. The van der Waals surface area contributed by atoms with Crippen LogP contribution in [0, 0.1) is 0 Å². The van der Waals surface area contributed by atoms with Crippen LogP contribution in [0.3, 0.4) is 0 Å². The monoisotopic (exact) mass is 261 g/mol. The fourth-order valence-electron chi connectivity index (χ4n) is 2.49. The average molecular weight is 261 g/mol. The number of carbonyl (C=O) groups is 1. The minimum absolute atomic E-state index is 0.183. The lowest BCUT2D eigenvalue weighted by molar-refractivity contribution is -0.120. The number of carbonyl (C=O) groups excluding carboxylic acids is 1. The zero-order chi connectivity index (χ0) is 13.7. The summed E-state index contributed by atoms with van der Waals surface area (Å²) in [5.41, 5.74) is 0.984. The van der Waals surface area contributed by atoms with Crippen LogP contribution in [0.5, 0.6) is 0 Å². The van der Waals surface area contributed by atoms with Gasteiger partial charge >= 0.3 is 0 Å². The molecule has 1 fully saturated rings. The van der Waals surface area contributed by atoms with Gasteiger partial charge in [-0.1, -0.05) is 18.2 Å². The lowest BCUT2D eigenvalue weighted by atomic mass is 10.2. The molecule has 0 saturated carbocycles. The molecule has 4 heteroatoms. The number of likely N-dealkylation sites (N-methyl/N-ethyl adjacent to an activating group) is 1. The van der Waals surface area contributed by atoms with Crippen LogP contribution in [0.15, 0.2) is 30.3 Å². The van der Waals surface area contributed by atoms with E-state index in [4.69, 9.17) is 0 Å². The normalized spacial score (nSPS) is 20.2. The van der Waals surface area contributed by atoms with E-state index in [2.05, 4.69) is 17.1 Å². The van der Waals surface area contributed by atoms with Crippen molar-refractivity contribution in [3.63, 3.8) is 0 Å². The highest BCUT2D eigenvalue weighted by atomic mass is 16.2. The Morgan fingerprint density at radius 2 is 2.16 bits per heavy atom. The molecular weight excluding hydrogens is 238 g/mol. The SMILES string of the molecule is CCN(C(=O)CN1CCNC[C@H]1C)c1ccccc1. The van der Waals surface area contributed by atoms with E-state index in [-0.39, 0.29) is 5.91 Å². The van der Waals surface area contributed by atoms with Crippen molar-refractivity contribution in [2.24, 2.45) is 0 Å². The third-order valence-corrected chi connectivity index (χ3v) is 3.66. The second kappa shape index (κ2) is 6.68. The molecule has 0 aliphatic carbocycles. The van der Waals surface area contributed by atoms with E-state index in [9.17, 15) is 4.79 Å². The van der Waals surface area contributed by atoms with Crippen molar-refractivity contribution in [1.82, 2.24) is 10.2 Å². The molecule has 1 atom stereocenters. The Morgan fingerprint density at radius 3 is 2.79 bits per heavy atom. The van der Waals surface area contributed by atoms with Crippen LogP contribution < -0.4 is 10.2 Å². The van der Waals surface area contributed by atoms with E-state index in [0.717, 1.165) is 25.3 Å². The number of amides is 1. The van der Waals surface area contributed by atoms with Gasteiger partial charge in [-0.15, -0.1) is 0 Å². The predicted octanol–water partition coefficient (Wildman–Crippen LogP) is 1.33. The summed E-state index contributed by atoms with van der Waals surface area (Å²) >= 11 is 0. The highest BCUT2D eigenvalue weighted by Gasteiger charge is 2.23. The van der Waals surface area contributed by atoms with Crippen molar-refractivity contribution >= 4 is 11.6 Å². The molecule has 1 heterocycles. The second-order valence-corrected chi connectivity index (χ2v) is 5.00. The molecule has 2 rings (SSSR count). The predicted molar refractivity (Wildman–Crippen MR) is 78.4 cm³/mol. The highest BCUT2D eigenvalue weighted by Crippen LogP contribution is 2.14. The first kappa shape index (κ1) is 14.0. The maximum absolute atomic E-state index is 12.5. The summed E-state index contributed by atoms with van der Waals surface area (Å²) in [6, 6.07) is 10.3. The minimum atomic E-state index is 0.183. The van der Waals surface area contributed by atoms with Gasteiger partial charge in [-0.2, -0.15) is 0 Å². The van der Waals surface area contributed by atoms with Crippen LogP contribution in [-0.2, 0) is 4.79 Å². The first-order valence-corrected chi connectivity index (χ1v) is 7.02. The van der Waals surface area contributed by atoms with Crippen LogP contribution in [0.4, 0.5) is 5.69 Å². The van der Waals surface area contributed by atoms with Gasteiger partial charge in [0.2, 0.25) is 5.91 Å². The summed E-state index contributed by atoms with van der Waals surface area (Å²) in [6.45, 7) is 8.28. The summed E-state index contributed by atoms with van der Waals surface area (Å²) in [4.78, 5) is 16.6. The number of nitrogens with zero attached hydrogens (tertiary/aromatic N) is 2. The van der Waals surface area contributed by atoms with Crippen molar-refractivity contribution in [1.29, 1.82) is 0 Å². The molecule has 1 amide bonds. The van der Waals surface area contributed by atoms with E-state index in [0.29, 0.717) is 19.1 Å². The third kappa shape index (κ3) is 3.55. The van der Waals surface area contributed by atoms with E-state index in [1.54, 1.807) is 0 Å². The van der Waals surface area contributed by atoms with E-state index < -0.39 is 0 Å². The first-order chi connectivity index (χ1) is 9.22. The Morgan fingerprint density at radius 1 is 1.42 bits per heavy atom. The summed E-state index contributed by atoms with van der Waals surface area (Å²) in [5.74, 6) is 0.183. The lowest BCUT2D eigenvalue weighted by Crippen LogP contribution is -2.53. The minimum Gasteiger partial charge on any atom is -0.314 e. The largest absolute Gasteiger partial charge is 0.314 e. The van der Waals surface area contributed by atoms with Gasteiger partial charge in [0.1, 0.15) is 0 Å². The van der Waals surface area contributed by atoms with Gasteiger partial charge in [0.25, 0.3) is 0 Å². The molecule has 4 nitrogen and oxygen atoms in total. The molecule has 0 spiro atoms. The van der Waals surface area contributed by atoms with Crippen LogP contribution in [0.1, 0.15) is 13.8 Å². The van der Waals surface area contributed by atoms with Crippen molar-refractivity contribution in [2.75, 3.05) is 37.6 Å². The zero-order valence-corrected chi connectivity index (χ0v) is 11.8. The lowest BCUT2D eigenvalue weighted by Gasteiger charge is -2.34. The quantitative estimate of drug-likeness (QED) is 0.888. The molecule has 1 N–H and O–H groups in total. The second-order valence-electron chi connectivity index (χ2n) is 5.00. The standard InChI is InChI=1S/C15H23N3O/c1-3-18(14-7-5-4-6-8-14)15(19)12-17-10-9-16-11-13(17)2/h4-8,13,16H,3,9-12H2,1-2H3/t13-/m1/s1. The molecule has 1 aromatic carbocycles. The number of benzene rings is 1.